The SMILES string of the molecule is CS(=O)(=O)Nc1ccc(C(=O)NC2CCN(C(=O)CCOc3ccccc3)CC2)cc1. The lowest BCUT2D eigenvalue weighted by Crippen LogP contribution is -2.46. The second-order valence-electron chi connectivity index (χ2n) is 7.49. The second-order valence-corrected chi connectivity index (χ2v) is 9.24. The van der Waals surface area contributed by atoms with E-state index >= 15 is 0 Å². The number of nitrogens with zero attached hydrogens (tertiary/aromatic N) is 1. The van der Waals surface area contributed by atoms with Gasteiger partial charge in [0.1, 0.15) is 5.75 Å². The molecule has 31 heavy (non-hydrogen) atoms. The first kappa shape index (κ1) is 22.6. The predicted molar refractivity (Wildman–Crippen MR) is 119 cm³/mol. The Labute approximate surface area is 182 Å². The first-order chi connectivity index (χ1) is 14.8. The summed E-state index contributed by atoms with van der Waals surface area (Å²) in [6.45, 7) is 1.52. The van der Waals surface area contributed by atoms with Crippen LogP contribution in [0.2, 0.25) is 0 Å². The maximum absolute atomic E-state index is 12.5. The first-order valence-electron chi connectivity index (χ1n) is 10.1. The third-order valence-electron chi connectivity index (χ3n) is 4.96. The molecule has 0 aliphatic carbocycles. The third-order valence-corrected chi connectivity index (χ3v) is 5.57. The first-order valence-corrected chi connectivity index (χ1v) is 12.0. The van der Waals surface area contributed by atoms with Crippen LogP contribution >= 0.6 is 0 Å². The van der Waals surface area contributed by atoms with Gasteiger partial charge in [-0.1, -0.05) is 18.2 Å². The van der Waals surface area contributed by atoms with Gasteiger partial charge in [0, 0.05) is 30.4 Å². The van der Waals surface area contributed by atoms with Gasteiger partial charge in [-0.25, -0.2) is 8.42 Å². The summed E-state index contributed by atoms with van der Waals surface area (Å²) in [6, 6.07) is 15.6. The van der Waals surface area contributed by atoms with Gasteiger partial charge in [-0.2, -0.15) is 0 Å². The Morgan fingerprint density at radius 1 is 1.03 bits per heavy atom. The molecule has 1 saturated heterocycles. The predicted octanol–water partition coefficient (Wildman–Crippen LogP) is 2.25. The fourth-order valence-electron chi connectivity index (χ4n) is 3.38. The van der Waals surface area contributed by atoms with E-state index in [2.05, 4.69) is 10.0 Å². The van der Waals surface area contributed by atoms with Gasteiger partial charge in [0.15, 0.2) is 0 Å². The van der Waals surface area contributed by atoms with E-state index in [9.17, 15) is 18.0 Å². The van der Waals surface area contributed by atoms with Crippen LogP contribution in [-0.2, 0) is 14.8 Å². The molecule has 9 heteroatoms. The number of para-hydroxylation sites is 1. The summed E-state index contributed by atoms with van der Waals surface area (Å²) in [5.74, 6) is 0.582. The molecule has 166 valence electrons. The molecule has 1 heterocycles. The lowest BCUT2D eigenvalue weighted by Gasteiger charge is -2.32. The van der Waals surface area contributed by atoms with E-state index in [0.29, 0.717) is 50.2 Å². The second kappa shape index (κ2) is 10.3. The summed E-state index contributed by atoms with van der Waals surface area (Å²) in [6.07, 6.45) is 2.76. The number of benzene rings is 2. The fraction of sp³-hybridized carbons (Fsp3) is 0.364. The van der Waals surface area contributed by atoms with Gasteiger partial charge in [0.2, 0.25) is 15.9 Å². The van der Waals surface area contributed by atoms with Crippen molar-refractivity contribution < 1.29 is 22.7 Å². The van der Waals surface area contributed by atoms with Crippen molar-refractivity contribution in [3.05, 3.63) is 60.2 Å². The number of nitrogens with one attached hydrogen (secondary N) is 2. The van der Waals surface area contributed by atoms with Crippen molar-refractivity contribution in [1.82, 2.24) is 10.2 Å². The Balaban J connectivity index is 1.40. The lowest BCUT2D eigenvalue weighted by atomic mass is 10.0. The number of rotatable bonds is 8. The van der Waals surface area contributed by atoms with Gasteiger partial charge in [-0.15, -0.1) is 0 Å². The zero-order valence-corrected chi connectivity index (χ0v) is 18.2. The summed E-state index contributed by atoms with van der Waals surface area (Å²) in [4.78, 5) is 26.6. The molecule has 1 aliphatic heterocycles. The zero-order valence-electron chi connectivity index (χ0n) is 17.4. The number of carbonyl (C=O) groups excluding carboxylic acids is 2. The average molecular weight is 446 g/mol. The Hall–Kier alpha value is -3.07. The van der Waals surface area contributed by atoms with Gasteiger partial charge >= 0.3 is 0 Å². The van der Waals surface area contributed by atoms with Gasteiger partial charge in [-0.3, -0.25) is 14.3 Å². The molecule has 0 atom stereocenters. The molecule has 8 nitrogen and oxygen atoms in total. The van der Waals surface area contributed by atoms with Crippen molar-refractivity contribution in [1.29, 1.82) is 0 Å². The smallest absolute Gasteiger partial charge is 0.251 e. The number of hydrogen-bond acceptors (Lipinski definition) is 5. The Morgan fingerprint density at radius 2 is 1.68 bits per heavy atom. The lowest BCUT2D eigenvalue weighted by molar-refractivity contribution is -0.132. The van der Waals surface area contributed by atoms with Crippen molar-refractivity contribution in [3.63, 3.8) is 0 Å². The summed E-state index contributed by atoms with van der Waals surface area (Å²) < 4.78 is 30.5. The maximum Gasteiger partial charge on any atom is 0.251 e. The number of hydrogen-bond donors (Lipinski definition) is 2. The molecule has 0 spiro atoms. The summed E-state index contributed by atoms with van der Waals surface area (Å²) in [7, 11) is -3.36. The highest BCUT2D eigenvalue weighted by Gasteiger charge is 2.24. The Bertz CT molecular complexity index is 986. The molecule has 1 aliphatic rings. The molecule has 2 amide bonds. The fourth-order valence-corrected chi connectivity index (χ4v) is 3.94. The van der Waals surface area contributed by atoms with Crippen LogP contribution in [0.25, 0.3) is 0 Å². The van der Waals surface area contributed by atoms with Crippen LogP contribution in [0.3, 0.4) is 0 Å². The van der Waals surface area contributed by atoms with Crippen LogP contribution < -0.4 is 14.8 Å². The highest BCUT2D eigenvalue weighted by molar-refractivity contribution is 7.92. The molecule has 1 fully saturated rings. The minimum absolute atomic E-state index is 0.00839. The Kier molecular flexibility index (Phi) is 7.51. The van der Waals surface area contributed by atoms with Crippen molar-refractivity contribution in [2.24, 2.45) is 0 Å². The maximum atomic E-state index is 12.5. The summed E-state index contributed by atoms with van der Waals surface area (Å²) in [5.41, 5.74) is 0.859. The topological polar surface area (TPSA) is 105 Å². The molecule has 2 aromatic rings. The quantitative estimate of drug-likeness (QED) is 0.649. The minimum Gasteiger partial charge on any atom is -0.493 e. The molecule has 0 radical (unpaired) electrons. The molecule has 3 rings (SSSR count). The van der Waals surface area contributed by atoms with E-state index in [-0.39, 0.29) is 17.9 Å². The van der Waals surface area contributed by atoms with E-state index in [1.165, 1.54) is 0 Å². The number of amides is 2. The average Bonchev–Trinajstić information content (AvgIpc) is 2.74. The highest BCUT2D eigenvalue weighted by Crippen LogP contribution is 2.15. The Morgan fingerprint density at radius 3 is 2.29 bits per heavy atom. The van der Waals surface area contributed by atoms with Gasteiger partial charge in [-0.05, 0) is 49.2 Å². The minimum atomic E-state index is -3.36. The van der Waals surface area contributed by atoms with E-state index in [1.807, 2.05) is 35.2 Å². The molecule has 2 aromatic carbocycles. The van der Waals surface area contributed by atoms with E-state index in [1.54, 1.807) is 24.3 Å². The molecular formula is C22H27N3O5S. The van der Waals surface area contributed by atoms with Crippen molar-refractivity contribution in [2.45, 2.75) is 25.3 Å². The van der Waals surface area contributed by atoms with Crippen LogP contribution in [0.15, 0.2) is 54.6 Å². The van der Waals surface area contributed by atoms with E-state index in [0.717, 1.165) is 12.0 Å². The molecule has 0 aromatic heterocycles. The van der Waals surface area contributed by atoms with Crippen LogP contribution in [0, 0.1) is 0 Å². The van der Waals surface area contributed by atoms with Crippen LogP contribution in [0.5, 0.6) is 5.75 Å². The van der Waals surface area contributed by atoms with Crippen molar-refractivity contribution in [2.75, 3.05) is 30.7 Å². The van der Waals surface area contributed by atoms with E-state index in [4.69, 9.17) is 4.74 Å². The molecule has 0 unspecified atom stereocenters. The van der Waals surface area contributed by atoms with Gasteiger partial charge in [0.25, 0.3) is 5.91 Å². The summed E-state index contributed by atoms with van der Waals surface area (Å²) >= 11 is 0. The monoisotopic (exact) mass is 445 g/mol. The van der Waals surface area contributed by atoms with Crippen molar-refractivity contribution in [3.8, 4) is 5.75 Å². The number of sulfonamides is 1. The normalized spacial score (nSPS) is 14.7. The molecule has 0 saturated carbocycles. The zero-order chi connectivity index (χ0) is 22.3. The van der Waals surface area contributed by atoms with Gasteiger partial charge < -0.3 is 15.0 Å². The van der Waals surface area contributed by atoms with Gasteiger partial charge in [0.05, 0.1) is 19.3 Å². The molecular weight excluding hydrogens is 418 g/mol. The van der Waals surface area contributed by atoms with Crippen molar-refractivity contribution >= 4 is 27.5 Å². The number of likely N-dealkylation sites (tertiary alicyclic amines) is 1. The molecule has 2 N–H and O–H groups in total. The van der Waals surface area contributed by atoms with Crippen LogP contribution in [-0.4, -0.2) is 57.1 Å². The number of carbonyl (C=O) groups is 2. The standard InChI is InChI=1S/C22H27N3O5S/c1-31(28,29)24-19-9-7-17(8-10-19)22(27)23-18-11-14-25(15-12-18)21(26)13-16-30-20-5-3-2-4-6-20/h2-10,18,24H,11-16H2,1H3,(H,23,27). The van der Waals surface area contributed by atoms with Crippen LogP contribution in [0.4, 0.5) is 5.69 Å². The number of ether oxygens (including phenoxy) is 1. The molecule has 0 bridgehead atoms. The highest BCUT2D eigenvalue weighted by atomic mass is 32.2. The number of piperidine rings is 1. The largest absolute Gasteiger partial charge is 0.493 e. The summed E-state index contributed by atoms with van der Waals surface area (Å²) in [5, 5.41) is 2.99. The third kappa shape index (κ3) is 7.29. The van der Waals surface area contributed by atoms with Crippen LogP contribution in [0.1, 0.15) is 29.6 Å². The van der Waals surface area contributed by atoms with E-state index < -0.39 is 10.0 Å². The number of anilines is 1.